The van der Waals surface area contributed by atoms with Gasteiger partial charge in [-0.25, -0.2) is 0 Å². The van der Waals surface area contributed by atoms with Crippen LogP contribution in [0, 0.1) is 0 Å². The van der Waals surface area contributed by atoms with Gasteiger partial charge in [0.1, 0.15) is 0 Å². The van der Waals surface area contributed by atoms with Crippen molar-refractivity contribution in [1.29, 1.82) is 0 Å². The lowest BCUT2D eigenvalue weighted by Crippen LogP contribution is -2.10. The van der Waals surface area contributed by atoms with Crippen LogP contribution >= 0.6 is 11.3 Å². The number of fused-ring (bicyclic) bond motifs is 10. The second-order valence-electron chi connectivity index (χ2n) is 10.9. The van der Waals surface area contributed by atoms with Crippen LogP contribution in [0.2, 0.25) is 0 Å². The summed E-state index contributed by atoms with van der Waals surface area (Å²) >= 11 is 1.89. The van der Waals surface area contributed by atoms with Crippen molar-refractivity contribution in [1.82, 2.24) is 0 Å². The molecule has 1 nitrogen and oxygen atoms in total. The molecule has 9 aromatic rings. The topological polar surface area (TPSA) is 3.24 Å². The fourth-order valence-corrected chi connectivity index (χ4v) is 7.89. The van der Waals surface area contributed by atoms with Crippen molar-refractivity contribution in [2.24, 2.45) is 0 Å². The molecule has 0 bridgehead atoms. The summed E-state index contributed by atoms with van der Waals surface area (Å²) in [6.45, 7) is 0. The van der Waals surface area contributed by atoms with Gasteiger partial charge in [0.05, 0.1) is 5.69 Å². The van der Waals surface area contributed by atoms with Gasteiger partial charge in [0.25, 0.3) is 0 Å². The summed E-state index contributed by atoms with van der Waals surface area (Å²) in [6, 6.07) is 55.5. The van der Waals surface area contributed by atoms with Crippen molar-refractivity contribution in [3.8, 4) is 0 Å². The molecule has 42 heavy (non-hydrogen) atoms. The molecule has 0 unspecified atom stereocenters. The molecular weight excluding hydrogens is 527 g/mol. The third-order valence-corrected chi connectivity index (χ3v) is 9.82. The summed E-state index contributed by atoms with van der Waals surface area (Å²) in [7, 11) is 0. The van der Waals surface area contributed by atoms with Crippen LogP contribution in [0.4, 0.5) is 17.1 Å². The van der Waals surface area contributed by atoms with Gasteiger partial charge in [0.15, 0.2) is 0 Å². The lowest BCUT2D eigenvalue weighted by atomic mass is 9.95. The Bertz CT molecular complexity index is 2470. The second kappa shape index (κ2) is 9.17. The van der Waals surface area contributed by atoms with Gasteiger partial charge >= 0.3 is 0 Å². The normalized spacial score (nSPS) is 11.8. The molecule has 1 aromatic heterocycles. The number of thiophene rings is 1. The van der Waals surface area contributed by atoms with E-state index in [4.69, 9.17) is 0 Å². The maximum atomic E-state index is 2.44. The highest BCUT2D eigenvalue weighted by Crippen LogP contribution is 2.45. The zero-order chi connectivity index (χ0) is 27.6. The van der Waals surface area contributed by atoms with Crippen LogP contribution in [0.3, 0.4) is 0 Å². The maximum absolute atomic E-state index is 2.44. The molecule has 0 saturated heterocycles. The molecule has 0 spiro atoms. The molecule has 0 N–H and O–H groups in total. The number of anilines is 3. The molecule has 0 saturated carbocycles. The third kappa shape index (κ3) is 3.49. The van der Waals surface area contributed by atoms with Crippen molar-refractivity contribution in [3.63, 3.8) is 0 Å². The van der Waals surface area contributed by atoms with Crippen LogP contribution in [-0.2, 0) is 0 Å². The first-order valence-electron chi connectivity index (χ1n) is 14.4. The van der Waals surface area contributed by atoms with Crippen molar-refractivity contribution >= 4 is 91.7 Å². The predicted octanol–water partition coefficient (Wildman–Crippen LogP) is 12.1. The molecule has 196 valence electrons. The van der Waals surface area contributed by atoms with Gasteiger partial charge in [-0.05, 0) is 68.7 Å². The SMILES string of the molecule is c1ccc(N(c2ccc3ccc4c5ccccc5sc4c3c2)c2cc3c4ccccc4ccc3c3ccccc23)cc1. The Morgan fingerprint density at radius 1 is 0.357 bits per heavy atom. The fraction of sp³-hybridized carbons (Fsp3) is 0. The number of hydrogen-bond acceptors (Lipinski definition) is 2. The first-order chi connectivity index (χ1) is 20.8. The highest BCUT2D eigenvalue weighted by atomic mass is 32.1. The molecular formula is C40H25NS. The molecule has 0 aliphatic carbocycles. The Morgan fingerprint density at radius 2 is 0.976 bits per heavy atom. The van der Waals surface area contributed by atoms with Gasteiger partial charge in [-0.2, -0.15) is 0 Å². The van der Waals surface area contributed by atoms with Crippen molar-refractivity contribution in [2.75, 3.05) is 4.90 Å². The lowest BCUT2D eigenvalue weighted by Gasteiger charge is -2.28. The van der Waals surface area contributed by atoms with Gasteiger partial charge in [-0.1, -0.05) is 115 Å². The minimum Gasteiger partial charge on any atom is -0.310 e. The van der Waals surface area contributed by atoms with Crippen LogP contribution in [-0.4, -0.2) is 0 Å². The van der Waals surface area contributed by atoms with E-state index in [1.807, 2.05) is 11.3 Å². The van der Waals surface area contributed by atoms with E-state index in [1.165, 1.54) is 68.9 Å². The van der Waals surface area contributed by atoms with Crippen LogP contribution in [0.25, 0.3) is 63.3 Å². The Labute approximate surface area is 247 Å². The summed E-state index contributed by atoms with van der Waals surface area (Å²) in [6.07, 6.45) is 0. The molecule has 8 aromatic carbocycles. The van der Waals surface area contributed by atoms with Crippen LogP contribution < -0.4 is 4.90 Å². The second-order valence-corrected chi connectivity index (χ2v) is 12.0. The quantitative estimate of drug-likeness (QED) is 0.197. The Morgan fingerprint density at radius 3 is 1.83 bits per heavy atom. The molecule has 1 heterocycles. The largest absolute Gasteiger partial charge is 0.310 e. The van der Waals surface area contributed by atoms with E-state index in [1.54, 1.807) is 0 Å². The van der Waals surface area contributed by atoms with Crippen LogP contribution in [0.15, 0.2) is 152 Å². The number of hydrogen-bond donors (Lipinski definition) is 0. The Balaban J connectivity index is 1.39. The standard InChI is InChI=1S/C40H25NS/c1-2-11-28(12-3-1)41(29-21-18-27-20-23-35-34-16-8-9-17-39(34)42-40(35)36(27)24-29)38-25-37-30-13-5-4-10-26(30)19-22-32(37)31-14-6-7-15-33(31)38/h1-25H. The first-order valence-corrected chi connectivity index (χ1v) is 15.2. The third-order valence-electron chi connectivity index (χ3n) is 8.60. The first kappa shape index (κ1) is 23.5. The zero-order valence-corrected chi connectivity index (χ0v) is 23.6. The van der Waals surface area contributed by atoms with Gasteiger partial charge in [-0.3, -0.25) is 0 Å². The molecule has 0 radical (unpaired) electrons. The van der Waals surface area contributed by atoms with Crippen LogP contribution in [0.5, 0.6) is 0 Å². The van der Waals surface area contributed by atoms with Gasteiger partial charge < -0.3 is 4.90 Å². The number of para-hydroxylation sites is 1. The molecule has 0 aliphatic rings. The van der Waals surface area contributed by atoms with E-state index in [2.05, 4.69) is 157 Å². The number of nitrogens with zero attached hydrogens (tertiary/aromatic N) is 1. The summed E-state index contributed by atoms with van der Waals surface area (Å²) < 4.78 is 2.68. The van der Waals surface area contributed by atoms with Crippen molar-refractivity contribution < 1.29 is 0 Å². The predicted molar refractivity (Wildman–Crippen MR) is 184 cm³/mol. The monoisotopic (exact) mass is 551 g/mol. The Hall–Kier alpha value is -5.18. The summed E-state index contributed by atoms with van der Waals surface area (Å²) in [5, 5.41) is 12.8. The van der Waals surface area contributed by atoms with Crippen molar-refractivity contribution in [3.05, 3.63) is 152 Å². The van der Waals surface area contributed by atoms with Gasteiger partial charge in [0, 0.05) is 42.3 Å². The van der Waals surface area contributed by atoms with E-state index in [0.717, 1.165) is 11.4 Å². The summed E-state index contributed by atoms with van der Waals surface area (Å²) in [5.41, 5.74) is 3.48. The molecule has 0 aliphatic heterocycles. The average molecular weight is 552 g/mol. The number of benzene rings is 8. The van der Waals surface area contributed by atoms with Gasteiger partial charge in [0.2, 0.25) is 0 Å². The zero-order valence-electron chi connectivity index (χ0n) is 22.8. The lowest BCUT2D eigenvalue weighted by molar-refractivity contribution is 1.31. The highest BCUT2D eigenvalue weighted by Gasteiger charge is 2.19. The van der Waals surface area contributed by atoms with E-state index in [0.29, 0.717) is 0 Å². The summed E-state index contributed by atoms with van der Waals surface area (Å²) in [4.78, 5) is 2.44. The molecule has 0 atom stereocenters. The van der Waals surface area contributed by atoms with Gasteiger partial charge in [-0.15, -0.1) is 11.3 Å². The minimum atomic E-state index is 1.14. The van der Waals surface area contributed by atoms with E-state index in [-0.39, 0.29) is 0 Å². The Kier molecular flexibility index (Phi) is 5.13. The molecule has 9 rings (SSSR count). The smallest absolute Gasteiger partial charge is 0.0546 e. The minimum absolute atomic E-state index is 1.14. The van der Waals surface area contributed by atoms with E-state index >= 15 is 0 Å². The average Bonchev–Trinajstić information content (AvgIpc) is 3.45. The molecule has 0 amide bonds. The number of rotatable bonds is 3. The van der Waals surface area contributed by atoms with Crippen molar-refractivity contribution in [2.45, 2.75) is 0 Å². The summed E-state index contributed by atoms with van der Waals surface area (Å²) in [5.74, 6) is 0. The highest BCUT2D eigenvalue weighted by molar-refractivity contribution is 7.26. The van der Waals surface area contributed by atoms with E-state index in [9.17, 15) is 0 Å². The van der Waals surface area contributed by atoms with E-state index < -0.39 is 0 Å². The fourth-order valence-electron chi connectivity index (χ4n) is 6.66. The van der Waals surface area contributed by atoms with Crippen LogP contribution in [0.1, 0.15) is 0 Å². The maximum Gasteiger partial charge on any atom is 0.0546 e. The molecule has 0 fully saturated rings. The molecule has 2 heteroatoms.